The van der Waals surface area contributed by atoms with Crippen LogP contribution < -0.4 is 0 Å². The van der Waals surface area contributed by atoms with Gasteiger partial charge in [0, 0.05) is 45.3 Å². The standard InChI is InChI=1S/C13H19N3O4/c17-8-7-14-3-5-15(6-4-14)10-11-1-2-13(18)12(9-11)16(19)20/h1-2,9,17-18H,3-8,10H2. The lowest BCUT2D eigenvalue weighted by Crippen LogP contribution is -2.46. The number of phenolic OH excluding ortho intramolecular Hbond substituents is 1. The SMILES string of the molecule is O=[N+]([O-])c1cc(CN2CCN(CCO)CC2)ccc1O. The van der Waals surface area contributed by atoms with Gasteiger partial charge in [0.15, 0.2) is 5.75 Å². The minimum absolute atomic E-state index is 0.171. The number of piperazine rings is 1. The van der Waals surface area contributed by atoms with Gasteiger partial charge in [-0.1, -0.05) is 6.07 Å². The smallest absolute Gasteiger partial charge is 0.311 e. The summed E-state index contributed by atoms with van der Waals surface area (Å²) in [4.78, 5) is 14.6. The third-order valence-corrected chi connectivity index (χ3v) is 3.52. The summed E-state index contributed by atoms with van der Waals surface area (Å²) in [5, 5.41) is 29.1. The first-order valence-electron chi connectivity index (χ1n) is 6.62. The Morgan fingerprint density at radius 3 is 2.45 bits per heavy atom. The van der Waals surface area contributed by atoms with E-state index in [2.05, 4.69) is 9.80 Å². The van der Waals surface area contributed by atoms with Gasteiger partial charge in [0.1, 0.15) is 0 Å². The van der Waals surface area contributed by atoms with Gasteiger partial charge in [-0.3, -0.25) is 19.9 Å². The number of rotatable bonds is 5. The van der Waals surface area contributed by atoms with Gasteiger partial charge in [-0.25, -0.2) is 0 Å². The molecule has 0 atom stereocenters. The first-order valence-corrected chi connectivity index (χ1v) is 6.62. The highest BCUT2D eigenvalue weighted by atomic mass is 16.6. The summed E-state index contributed by atoms with van der Waals surface area (Å²) >= 11 is 0. The Morgan fingerprint density at radius 2 is 1.85 bits per heavy atom. The monoisotopic (exact) mass is 281 g/mol. The second kappa shape index (κ2) is 6.65. The van der Waals surface area contributed by atoms with Crippen LogP contribution in [0, 0.1) is 10.1 Å². The van der Waals surface area contributed by atoms with Gasteiger partial charge in [0.2, 0.25) is 0 Å². The lowest BCUT2D eigenvalue weighted by molar-refractivity contribution is -0.385. The fourth-order valence-electron chi connectivity index (χ4n) is 2.38. The number of β-amino-alcohol motifs (C(OH)–C–C–N with tert-alkyl or cyclic N) is 1. The first kappa shape index (κ1) is 14.7. The van der Waals surface area contributed by atoms with Crippen LogP contribution in [-0.2, 0) is 6.54 Å². The Morgan fingerprint density at radius 1 is 1.20 bits per heavy atom. The van der Waals surface area contributed by atoms with E-state index in [1.807, 2.05) is 0 Å². The number of nitrogens with zero attached hydrogens (tertiary/aromatic N) is 3. The van der Waals surface area contributed by atoms with Crippen LogP contribution in [-0.4, -0.2) is 64.3 Å². The molecule has 7 heteroatoms. The summed E-state index contributed by atoms with van der Waals surface area (Å²) in [5.41, 5.74) is 0.575. The predicted octanol–water partition coefficient (Wildman–Crippen LogP) is 0.410. The molecule has 0 amide bonds. The second-order valence-corrected chi connectivity index (χ2v) is 4.92. The third kappa shape index (κ3) is 3.66. The van der Waals surface area contributed by atoms with Crippen molar-refractivity contribution in [3.8, 4) is 5.75 Å². The lowest BCUT2D eigenvalue weighted by atomic mass is 10.1. The third-order valence-electron chi connectivity index (χ3n) is 3.52. The maximum absolute atomic E-state index is 10.8. The van der Waals surface area contributed by atoms with Crippen molar-refractivity contribution < 1.29 is 15.1 Å². The fraction of sp³-hybridized carbons (Fsp3) is 0.538. The molecule has 0 saturated carbocycles. The number of aliphatic hydroxyl groups is 1. The number of hydrogen-bond acceptors (Lipinski definition) is 6. The molecule has 1 heterocycles. The Labute approximate surface area is 117 Å². The Kier molecular flexibility index (Phi) is 4.89. The molecule has 0 aliphatic carbocycles. The molecule has 2 N–H and O–H groups in total. The van der Waals surface area contributed by atoms with Gasteiger partial charge in [-0.05, 0) is 11.6 Å². The zero-order chi connectivity index (χ0) is 14.5. The fourth-order valence-corrected chi connectivity index (χ4v) is 2.38. The molecule has 7 nitrogen and oxygen atoms in total. The van der Waals surface area contributed by atoms with Crippen LogP contribution in [0.15, 0.2) is 18.2 Å². The summed E-state index contributed by atoms with van der Waals surface area (Å²) in [6, 6.07) is 4.51. The van der Waals surface area contributed by atoms with Crippen molar-refractivity contribution in [3.63, 3.8) is 0 Å². The van der Waals surface area contributed by atoms with E-state index in [4.69, 9.17) is 5.11 Å². The molecule has 1 fully saturated rings. The molecular weight excluding hydrogens is 262 g/mol. The van der Waals surface area contributed by atoms with Crippen molar-refractivity contribution in [1.29, 1.82) is 0 Å². The van der Waals surface area contributed by atoms with Crippen molar-refractivity contribution >= 4 is 5.69 Å². The molecule has 2 rings (SSSR count). The highest BCUT2D eigenvalue weighted by Crippen LogP contribution is 2.26. The Hall–Kier alpha value is -1.70. The summed E-state index contributed by atoms with van der Waals surface area (Å²) in [6.07, 6.45) is 0. The molecule has 0 bridgehead atoms. The normalized spacial score (nSPS) is 17.2. The predicted molar refractivity (Wildman–Crippen MR) is 73.6 cm³/mol. The van der Waals surface area contributed by atoms with Crippen LogP contribution in [0.1, 0.15) is 5.56 Å². The van der Waals surface area contributed by atoms with Crippen molar-refractivity contribution in [2.45, 2.75) is 6.54 Å². The molecule has 20 heavy (non-hydrogen) atoms. The zero-order valence-corrected chi connectivity index (χ0v) is 11.2. The number of aromatic hydroxyl groups is 1. The maximum atomic E-state index is 10.8. The number of benzene rings is 1. The van der Waals surface area contributed by atoms with E-state index >= 15 is 0 Å². The Bertz CT molecular complexity index is 473. The van der Waals surface area contributed by atoms with E-state index in [-0.39, 0.29) is 18.0 Å². The molecule has 0 aromatic heterocycles. The van der Waals surface area contributed by atoms with Crippen molar-refractivity contribution in [1.82, 2.24) is 9.80 Å². The van der Waals surface area contributed by atoms with Crippen LogP contribution in [0.25, 0.3) is 0 Å². The summed E-state index contributed by atoms with van der Waals surface area (Å²) in [5.74, 6) is -0.300. The number of hydrogen-bond donors (Lipinski definition) is 2. The largest absolute Gasteiger partial charge is 0.502 e. The summed E-state index contributed by atoms with van der Waals surface area (Å²) in [7, 11) is 0. The van der Waals surface area contributed by atoms with Gasteiger partial charge < -0.3 is 10.2 Å². The molecule has 0 unspecified atom stereocenters. The van der Waals surface area contributed by atoms with Crippen LogP contribution in [0.3, 0.4) is 0 Å². The average molecular weight is 281 g/mol. The summed E-state index contributed by atoms with van der Waals surface area (Å²) in [6.45, 7) is 5.02. The Balaban J connectivity index is 1.94. The molecule has 0 radical (unpaired) electrons. The van der Waals surface area contributed by atoms with E-state index < -0.39 is 4.92 Å². The molecule has 1 aromatic carbocycles. The molecule has 1 aliphatic rings. The van der Waals surface area contributed by atoms with Gasteiger partial charge in [0.05, 0.1) is 11.5 Å². The molecule has 1 aliphatic heterocycles. The minimum Gasteiger partial charge on any atom is -0.502 e. The van der Waals surface area contributed by atoms with Crippen molar-refractivity contribution in [2.75, 3.05) is 39.3 Å². The van der Waals surface area contributed by atoms with E-state index in [1.165, 1.54) is 12.1 Å². The zero-order valence-electron chi connectivity index (χ0n) is 11.2. The number of nitro benzene ring substituents is 1. The highest BCUT2D eigenvalue weighted by molar-refractivity contribution is 5.47. The highest BCUT2D eigenvalue weighted by Gasteiger charge is 2.18. The van der Waals surface area contributed by atoms with E-state index in [1.54, 1.807) is 6.07 Å². The van der Waals surface area contributed by atoms with Crippen molar-refractivity contribution in [3.05, 3.63) is 33.9 Å². The quantitative estimate of drug-likeness (QED) is 0.600. The summed E-state index contributed by atoms with van der Waals surface area (Å²) < 4.78 is 0. The minimum atomic E-state index is -0.571. The van der Waals surface area contributed by atoms with Gasteiger partial charge in [-0.2, -0.15) is 0 Å². The maximum Gasteiger partial charge on any atom is 0.311 e. The van der Waals surface area contributed by atoms with E-state index in [0.29, 0.717) is 13.1 Å². The number of aliphatic hydroxyl groups excluding tert-OH is 1. The van der Waals surface area contributed by atoms with Gasteiger partial charge >= 0.3 is 5.69 Å². The van der Waals surface area contributed by atoms with Crippen LogP contribution in [0.4, 0.5) is 5.69 Å². The van der Waals surface area contributed by atoms with Crippen molar-refractivity contribution in [2.24, 2.45) is 0 Å². The molecule has 1 saturated heterocycles. The molecular formula is C13H19N3O4. The van der Waals surface area contributed by atoms with Crippen LogP contribution >= 0.6 is 0 Å². The molecule has 110 valence electrons. The molecule has 1 aromatic rings. The number of nitro groups is 1. The number of phenols is 1. The van der Waals surface area contributed by atoms with Gasteiger partial charge in [0.25, 0.3) is 0 Å². The van der Waals surface area contributed by atoms with Gasteiger partial charge in [-0.15, -0.1) is 0 Å². The lowest BCUT2D eigenvalue weighted by Gasteiger charge is -2.34. The topological polar surface area (TPSA) is 90.1 Å². The van der Waals surface area contributed by atoms with Crippen LogP contribution in [0.5, 0.6) is 5.75 Å². The van der Waals surface area contributed by atoms with E-state index in [0.717, 1.165) is 31.7 Å². The average Bonchev–Trinajstić information content (AvgIpc) is 2.43. The second-order valence-electron chi connectivity index (χ2n) is 4.92. The van der Waals surface area contributed by atoms with Crippen LogP contribution in [0.2, 0.25) is 0 Å². The first-order chi connectivity index (χ1) is 9.60. The van der Waals surface area contributed by atoms with E-state index in [9.17, 15) is 15.2 Å². The molecule has 0 spiro atoms.